The summed E-state index contributed by atoms with van der Waals surface area (Å²) in [5.41, 5.74) is 0. The van der Waals surface area contributed by atoms with Crippen LogP contribution in [0.2, 0.25) is 0 Å². The Balaban J connectivity index is 4.02. The second-order valence-electron chi connectivity index (χ2n) is 27.0. The van der Waals surface area contributed by atoms with Gasteiger partial charge in [0, 0.05) is 12.8 Å². The van der Waals surface area contributed by atoms with Crippen LogP contribution in [0.3, 0.4) is 0 Å². The van der Waals surface area contributed by atoms with Gasteiger partial charge in [0.15, 0.2) is 6.10 Å². The van der Waals surface area contributed by atoms with E-state index in [1.165, 1.54) is 295 Å². The fourth-order valence-electron chi connectivity index (χ4n) is 11.3. The molecule has 0 saturated heterocycles. The molecule has 2 atom stereocenters. The van der Waals surface area contributed by atoms with E-state index in [9.17, 15) is 19.5 Å². The molecule has 510 valence electrons. The average Bonchev–Trinajstić information content (AvgIpc) is 3.56. The van der Waals surface area contributed by atoms with E-state index in [4.69, 9.17) is 18.9 Å². The number of allylic oxidation sites excluding steroid dienone is 8. The lowest BCUT2D eigenvalue weighted by molar-refractivity contribution is -0.870. The summed E-state index contributed by atoms with van der Waals surface area (Å²) in [6, 6.07) is 0. The number of aliphatic carboxylic acids is 1. The van der Waals surface area contributed by atoms with Crippen molar-refractivity contribution >= 4 is 17.9 Å². The number of likely N-dealkylation sites (N-methyl/N-ethyl adjacent to an activating group) is 1. The maximum atomic E-state index is 13.0. The van der Waals surface area contributed by atoms with Crippen molar-refractivity contribution in [1.82, 2.24) is 0 Å². The number of esters is 2. The van der Waals surface area contributed by atoms with Crippen LogP contribution in [-0.4, -0.2) is 87.4 Å². The van der Waals surface area contributed by atoms with Gasteiger partial charge in [0.25, 0.3) is 6.29 Å². The first-order chi connectivity index (χ1) is 42.6. The largest absolute Gasteiger partial charge is 0.477 e. The number of hydrogen-bond acceptors (Lipinski definition) is 7. The highest BCUT2D eigenvalue weighted by molar-refractivity contribution is 5.71. The molecule has 0 aliphatic heterocycles. The molecule has 0 aromatic heterocycles. The van der Waals surface area contributed by atoms with Crippen molar-refractivity contribution in [3.8, 4) is 0 Å². The van der Waals surface area contributed by atoms with E-state index in [1.54, 1.807) is 0 Å². The number of carboxylic acids is 1. The summed E-state index contributed by atoms with van der Waals surface area (Å²) >= 11 is 0. The molecule has 0 bridgehead atoms. The highest BCUT2D eigenvalue weighted by Gasteiger charge is 2.25. The van der Waals surface area contributed by atoms with Gasteiger partial charge in [0.2, 0.25) is 0 Å². The van der Waals surface area contributed by atoms with Crippen molar-refractivity contribution in [1.29, 1.82) is 0 Å². The summed E-state index contributed by atoms with van der Waals surface area (Å²) in [6.45, 7) is 4.92. The van der Waals surface area contributed by atoms with E-state index < -0.39 is 24.3 Å². The van der Waals surface area contributed by atoms with Gasteiger partial charge in [-0.2, -0.15) is 0 Å². The number of quaternary nitrogens is 1. The molecular weight excluding hydrogens is 1080 g/mol. The summed E-state index contributed by atoms with van der Waals surface area (Å²) in [7, 11) is 5.99. The molecule has 0 heterocycles. The van der Waals surface area contributed by atoms with Crippen LogP contribution in [0, 0.1) is 0 Å². The number of rotatable bonds is 71. The monoisotopic (exact) mass is 1230 g/mol. The molecule has 0 radical (unpaired) electrons. The van der Waals surface area contributed by atoms with Crippen molar-refractivity contribution in [2.75, 3.05) is 47.5 Å². The standard InChI is InChI=1S/C78H145NO8/c1-6-8-10-12-14-16-18-20-22-24-26-28-30-32-34-35-36-37-38-39-40-41-43-44-46-48-50-52-54-56-58-60-62-64-66-68-75(80)85-72-74(73-86-78(77(82)83)84-71-70-79(3,4)5)87-76(81)69-67-65-63-61-59-57-55-53-51-49-47-45-42-33-31-29-27-25-23-21-19-17-15-13-11-9-7-2/h19,21,24-27,31,33,74,78H,6-18,20,22-23,28-30,32,34-73H2,1-5H3/p+1/b21-19-,26-24-,27-25-,33-31-. The summed E-state index contributed by atoms with van der Waals surface area (Å²) in [6.07, 6.45) is 86.8. The smallest absolute Gasteiger partial charge is 0.361 e. The van der Waals surface area contributed by atoms with Gasteiger partial charge in [0.1, 0.15) is 13.2 Å². The number of carbonyl (C=O) groups is 3. The molecule has 1 N–H and O–H groups in total. The number of ether oxygens (including phenoxy) is 4. The van der Waals surface area contributed by atoms with E-state index in [2.05, 4.69) is 62.5 Å². The molecule has 0 rings (SSSR count). The number of nitrogens with zero attached hydrogens (tertiary/aromatic N) is 1. The minimum Gasteiger partial charge on any atom is -0.477 e. The second kappa shape index (κ2) is 69.1. The summed E-state index contributed by atoms with van der Waals surface area (Å²) < 4.78 is 23.0. The fourth-order valence-corrected chi connectivity index (χ4v) is 11.3. The molecule has 0 spiro atoms. The molecule has 2 unspecified atom stereocenters. The zero-order valence-corrected chi connectivity index (χ0v) is 58.5. The number of carbonyl (C=O) groups excluding carboxylic acids is 2. The van der Waals surface area contributed by atoms with Crippen LogP contribution < -0.4 is 0 Å². The van der Waals surface area contributed by atoms with Gasteiger partial charge < -0.3 is 28.5 Å². The minimum atomic E-state index is -1.51. The van der Waals surface area contributed by atoms with Gasteiger partial charge >= 0.3 is 17.9 Å². The Morgan fingerprint density at radius 2 is 0.621 bits per heavy atom. The second-order valence-corrected chi connectivity index (χ2v) is 27.0. The summed E-state index contributed by atoms with van der Waals surface area (Å²) in [5, 5.41) is 9.76. The summed E-state index contributed by atoms with van der Waals surface area (Å²) in [5.74, 6) is -1.98. The van der Waals surface area contributed by atoms with Crippen LogP contribution >= 0.6 is 0 Å². The van der Waals surface area contributed by atoms with Gasteiger partial charge in [-0.25, -0.2) is 4.79 Å². The van der Waals surface area contributed by atoms with E-state index >= 15 is 0 Å². The fraction of sp³-hybridized carbons (Fsp3) is 0.859. The van der Waals surface area contributed by atoms with Crippen LogP contribution in [0.5, 0.6) is 0 Å². The van der Waals surface area contributed by atoms with Crippen molar-refractivity contribution in [3.63, 3.8) is 0 Å². The third-order valence-electron chi connectivity index (χ3n) is 17.1. The molecular formula is C78H146NO8+. The Labute approximate surface area is 540 Å². The molecule has 9 nitrogen and oxygen atoms in total. The van der Waals surface area contributed by atoms with Gasteiger partial charge in [0.05, 0.1) is 34.4 Å². The quantitative estimate of drug-likeness (QED) is 0.0211. The van der Waals surface area contributed by atoms with E-state index in [1.807, 2.05) is 21.1 Å². The molecule has 0 amide bonds. The highest BCUT2D eigenvalue weighted by atomic mass is 16.7. The molecule has 0 aliphatic rings. The molecule has 0 fully saturated rings. The van der Waals surface area contributed by atoms with Gasteiger partial charge in [-0.3, -0.25) is 9.59 Å². The first-order valence-corrected chi connectivity index (χ1v) is 37.8. The van der Waals surface area contributed by atoms with Gasteiger partial charge in [-0.05, 0) is 77.0 Å². The number of hydrogen-bond donors (Lipinski definition) is 1. The van der Waals surface area contributed by atoms with Gasteiger partial charge in [-0.1, -0.05) is 332 Å². The Morgan fingerprint density at radius 3 is 0.931 bits per heavy atom. The van der Waals surface area contributed by atoms with Crippen LogP contribution in [0.4, 0.5) is 0 Å². The van der Waals surface area contributed by atoms with Crippen molar-refractivity contribution < 1.29 is 42.9 Å². The SMILES string of the molecule is CCCCCCC/C=C\C/C=C\C/C=C\CCCCCCCCCCCCCCC(=O)OC(COC(=O)CCCCCCCCCCCCCCCCCCCCCCCCC/C=C\CCCCCCCCCC)COC(OCC[N+](C)(C)C)C(=O)O. The first kappa shape index (κ1) is 84.2. The summed E-state index contributed by atoms with van der Waals surface area (Å²) in [4.78, 5) is 37.7. The molecule has 0 saturated carbocycles. The highest BCUT2D eigenvalue weighted by Crippen LogP contribution is 2.19. The average molecular weight is 1230 g/mol. The zero-order valence-electron chi connectivity index (χ0n) is 58.5. The van der Waals surface area contributed by atoms with Crippen molar-refractivity contribution in [2.24, 2.45) is 0 Å². The third-order valence-corrected chi connectivity index (χ3v) is 17.1. The maximum absolute atomic E-state index is 13.0. The van der Waals surface area contributed by atoms with Crippen molar-refractivity contribution in [2.45, 2.75) is 386 Å². The normalized spacial score (nSPS) is 12.9. The number of unbranched alkanes of at least 4 members (excludes halogenated alkanes) is 48. The van der Waals surface area contributed by atoms with E-state index in [-0.39, 0.29) is 32.2 Å². The predicted octanol–water partition coefficient (Wildman–Crippen LogP) is 23.7. The van der Waals surface area contributed by atoms with Crippen LogP contribution in [0.1, 0.15) is 373 Å². The Hall–Kier alpha value is -2.75. The van der Waals surface area contributed by atoms with Crippen LogP contribution in [0.25, 0.3) is 0 Å². The molecule has 0 aliphatic carbocycles. The molecule has 0 aromatic carbocycles. The molecule has 9 heteroatoms. The van der Waals surface area contributed by atoms with Crippen LogP contribution in [0.15, 0.2) is 48.6 Å². The topological polar surface area (TPSA) is 108 Å². The van der Waals surface area contributed by atoms with E-state index in [0.717, 1.165) is 51.4 Å². The lowest BCUT2D eigenvalue weighted by Crippen LogP contribution is -2.40. The Morgan fingerprint density at radius 1 is 0.345 bits per heavy atom. The molecule has 0 aromatic rings. The Bertz CT molecular complexity index is 1570. The lowest BCUT2D eigenvalue weighted by atomic mass is 10.0. The van der Waals surface area contributed by atoms with E-state index in [0.29, 0.717) is 17.4 Å². The zero-order chi connectivity index (χ0) is 63.3. The van der Waals surface area contributed by atoms with Crippen LogP contribution in [-0.2, 0) is 33.3 Å². The number of carboxylic acid groups (broad SMARTS) is 1. The predicted molar refractivity (Wildman–Crippen MR) is 374 cm³/mol. The first-order valence-electron chi connectivity index (χ1n) is 37.8. The van der Waals surface area contributed by atoms with Crippen molar-refractivity contribution in [3.05, 3.63) is 48.6 Å². The maximum Gasteiger partial charge on any atom is 0.361 e. The third kappa shape index (κ3) is 70.6. The Kier molecular flexibility index (Phi) is 67.0. The lowest BCUT2D eigenvalue weighted by Gasteiger charge is -2.25. The molecule has 87 heavy (non-hydrogen) atoms. The van der Waals surface area contributed by atoms with Gasteiger partial charge in [-0.15, -0.1) is 0 Å². The minimum absolute atomic E-state index is 0.179.